The molecule has 5 rings (SSSR count). The molecule has 2 heterocycles. The van der Waals surface area contributed by atoms with Crippen LogP contribution in [-0.2, 0) is 16.1 Å². The van der Waals surface area contributed by atoms with Crippen LogP contribution in [0.25, 0.3) is 17.3 Å². The summed E-state index contributed by atoms with van der Waals surface area (Å²) in [4.78, 5) is 28.9. The monoisotopic (exact) mass is 469 g/mol. The Kier molecular flexibility index (Phi) is 7.04. The van der Waals surface area contributed by atoms with Crippen LogP contribution in [0.1, 0.15) is 24.0 Å². The fourth-order valence-electron chi connectivity index (χ4n) is 4.33. The summed E-state index contributed by atoms with van der Waals surface area (Å²) >= 11 is 0. The zero-order chi connectivity index (χ0) is 24.0. The topological polar surface area (TPSA) is 70.5 Å². The molecule has 0 unspecified atom stereocenters. The van der Waals surface area contributed by atoms with Crippen molar-refractivity contribution in [1.29, 1.82) is 0 Å². The van der Waals surface area contributed by atoms with Crippen molar-refractivity contribution in [3.05, 3.63) is 84.1 Å². The molecule has 35 heavy (non-hydrogen) atoms. The lowest BCUT2D eigenvalue weighted by atomic mass is 10.1. The lowest BCUT2D eigenvalue weighted by Gasteiger charge is -2.33. The van der Waals surface area contributed by atoms with Gasteiger partial charge in [0.15, 0.2) is 0 Å². The third-order valence-electron chi connectivity index (χ3n) is 6.42. The summed E-state index contributed by atoms with van der Waals surface area (Å²) < 4.78 is 1.92. The first-order chi connectivity index (χ1) is 17.1. The standard InChI is InChI=1S/C28H31N5O2/c34-26(29-25-12-13-25)21-31-15-17-32(18-16-31)27(35)14-11-24-20-33(19-22-7-3-1-4-8-22)30-28(24)23-9-5-2-6-10-23/h1-11,14,20,25H,12-13,15-19,21H2,(H,29,34)/b14-11+. The van der Waals surface area contributed by atoms with Gasteiger partial charge in [0.2, 0.25) is 11.8 Å². The SMILES string of the molecule is O=C(CN1CCN(C(=O)/C=C/c2cn(Cc3ccccc3)nc2-c2ccccc2)CC1)NC1CC1. The molecule has 1 N–H and O–H groups in total. The van der Waals surface area contributed by atoms with Crippen LogP contribution < -0.4 is 5.32 Å². The highest BCUT2D eigenvalue weighted by Gasteiger charge is 2.26. The highest BCUT2D eigenvalue weighted by Crippen LogP contribution is 2.24. The summed E-state index contributed by atoms with van der Waals surface area (Å²) in [7, 11) is 0. The summed E-state index contributed by atoms with van der Waals surface area (Å²) in [6.07, 6.45) is 7.70. The normalized spacial score (nSPS) is 16.5. The predicted octanol–water partition coefficient (Wildman–Crippen LogP) is 3.03. The van der Waals surface area contributed by atoms with Gasteiger partial charge < -0.3 is 10.2 Å². The number of carbonyl (C=O) groups excluding carboxylic acids is 2. The van der Waals surface area contributed by atoms with Crippen molar-refractivity contribution in [1.82, 2.24) is 24.9 Å². The lowest BCUT2D eigenvalue weighted by Crippen LogP contribution is -2.51. The molecule has 2 amide bonds. The Morgan fingerprint density at radius 3 is 2.31 bits per heavy atom. The van der Waals surface area contributed by atoms with Gasteiger partial charge >= 0.3 is 0 Å². The quantitative estimate of drug-likeness (QED) is 0.515. The first-order valence-corrected chi connectivity index (χ1v) is 12.3. The molecule has 1 saturated heterocycles. The van der Waals surface area contributed by atoms with Gasteiger partial charge in [-0.1, -0.05) is 60.7 Å². The second-order valence-corrected chi connectivity index (χ2v) is 9.26. The van der Waals surface area contributed by atoms with E-state index >= 15 is 0 Å². The van der Waals surface area contributed by atoms with Crippen molar-refractivity contribution >= 4 is 17.9 Å². The molecular formula is C28H31N5O2. The number of nitrogens with zero attached hydrogens (tertiary/aromatic N) is 4. The van der Waals surface area contributed by atoms with Gasteiger partial charge in [0, 0.05) is 55.6 Å². The number of amides is 2. The van der Waals surface area contributed by atoms with Gasteiger partial charge in [-0.3, -0.25) is 19.2 Å². The van der Waals surface area contributed by atoms with Crippen molar-refractivity contribution in [3.8, 4) is 11.3 Å². The van der Waals surface area contributed by atoms with Gasteiger partial charge in [0.25, 0.3) is 0 Å². The van der Waals surface area contributed by atoms with Gasteiger partial charge in [-0.15, -0.1) is 0 Å². The molecule has 1 aliphatic heterocycles. The van der Waals surface area contributed by atoms with Crippen molar-refractivity contribution in [2.75, 3.05) is 32.7 Å². The van der Waals surface area contributed by atoms with Crippen LogP contribution in [0.5, 0.6) is 0 Å². The Balaban J connectivity index is 1.23. The molecule has 3 aromatic rings. The van der Waals surface area contributed by atoms with Crippen LogP contribution in [-0.4, -0.2) is 70.2 Å². The first-order valence-electron chi connectivity index (χ1n) is 12.3. The summed E-state index contributed by atoms with van der Waals surface area (Å²) in [6, 6.07) is 20.6. The minimum Gasteiger partial charge on any atom is -0.352 e. The third-order valence-corrected chi connectivity index (χ3v) is 6.42. The maximum Gasteiger partial charge on any atom is 0.246 e. The van der Waals surface area contributed by atoms with E-state index in [1.807, 2.05) is 70.4 Å². The molecule has 7 nitrogen and oxygen atoms in total. The summed E-state index contributed by atoms with van der Waals surface area (Å²) in [5, 5.41) is 7.85. The second-order valence-electron chi connectivity index (χ2n) is 9.26. The third kappa shape index (κ3) is 6.25. The van der Waals surface area contributed by atoms with E-state index in [0.29, 0.717) is 45.3 Å². The van der Waals surface area contributed by atoms with Gasteiger partial charge in [-0.05, 0) is 24.5 Å². The fourth-order valence-corrected chi connectivity index (χ4v) is 4.33. The lowest BCUT2D eigenvalue weighted by molar-refractivity contribution is -0.128. The van der Waals surface area contributed by atoms with Crippen molar-refractivity contribution in [2.24, 2.45) is 0 Å². The number of piperazine rings is 1. The fraction of sp³-hybridized carbons (Fsp3) is 0.321. The zero-order valence-electron chi connectivity index (χ0n) is 19.8. The van der Waals surface area contributed by atoms with E-state index in [-0.39, 0.29) is 11.8 Å². The van der Waals surface area contributed by atoms with E-state index in [0.717, 1.165) is 29.7 Å². The van der Waals surface area contributed by atoms with Crippen LogP contribution in [0.2, 0.25) is 0 Å². The molecule has 7 heteroatoms. The highest BCUT2D eigenvalue weighted by molar-refractivity contribution is 5.93. The number of hydrogen-bond acceptors (Lipinski definition) is 4. The maximum atomic E-state index is 12.9. The highest BCUT2D eigenvalue weighted by atomic mass is 16.2. The molecule has 2 aliphatic rings. The summed E-state index contributed by atoms with van der Waals surface area (Å²) in [5.74, 6) is 0.0787. The molecule has 1 aliphatic carbocycles. The first kappa shape index (κ1) is 23.1. The molecule has 0 bridgehead atoms. The average molecular weight is 470 g/mol. The van der Waals surface area contributed by atoms with Gasteiger partial charge in [-0.25, -0.2) is 0 Å². The smallest absolute Gasteiger partial charge is 0.246 e. The minimum absolute atomic E-state index is 0.0121. The molecule has 0 spiro atoms. The average Bonchev–Trinajstić information content (AvgIpc) is 3.61. The van der Waals surface area contributed by atoms with Crippen molar-refractivity contribution in [3.63, 3.8) is 0 Å². The number of hydrogen-bond donors (Lipinski definition) is 1. The zero-order valence-corrected chi connectivity index (χ0v) is 19.8. The van der Waals surface area contributed by atoms with Crippen LogP contribution in [0, 0.1) is 0 Å². The molecule has 2 aromatic carbocycles. The number of benzene rings is 2. The molecule has 180 valence electrons. The summed E-state index contributed by atoms with van der Waals surface area (Å²) in [5.41, 5.74) is 3.96. The van der Waals surface area contributed by atoms with Gasteiger partial charge in [0.05, 0.1) is 18.8 Å². The van der Waals surface area contributed by atoms with E-state index in [9.17, 15) is 9.59 Å². The minimum atomic E-state index is -0.0121. The maximum absolute atomic E-state index is 12.9. The molecular weight excluding hydrogens is 438 g/mol. The molecule has 1 saturated carbocycles. The number of rotatable bonds is 8. The Morgan fingerprint density at radius 1 is 0.943 bits per heavy atom. The van der Waals surface area contributed by atoms with E-state index in [2.05, 4.69) is 22.3 Å². The van der Waals surface area contributed by atoms with Crippen LogP contribution in [0.3, 0.4) is 0 Å². The molecule has 1 aromatic heterocycles. The van der Waals surface area contributed by atoms with Crippen LogP contribution in [0.4, 0.5) is 0 Å². The van der Waals surface area contributed by atoms with E-state index in [4.69, 9.17) is 5.10 Å². The summed E-state index contributed by atoms with van der Waals surface area (Å²) in [6.45, 7) is 3.75. The Hall–Kier alpha value is -3.71. The van der Waals surface area contributed by atoms with Gasteiger partial charge in [0.1, 0.15) is 0 Å². The van der Waals surface area contributed by atoms with E-state index < -0.39 is 0 Å². The Morgan fingerprint density at radius 2 is 1.63 bits per heavy atom. The second kappa shape index (κ2) is 10.7. The predicted molar refractivity (Wildman–Crippen MR) is 136 cm³/mol. The number of aromatic nitrogens is 2. The Labute approximate surface area is 206 Å². The number of nitrogens with one attached hydrogen (secondary N) is 1. The van der Waals surface area contributed by atoms with Crippen LogP contribution >= 0.6 is 0 Å². The van der Waals surface area contributed by atoms with Crippen molar-refractivity contribution in [2.45, 2.75) is 25.4 Å². The Bertz CT molecular complexity index is 1180. The van der Waals surface area contributed by atoms with Crippen LogP contribution in [0.15, 0.2) is 72.9 Å². The molecule has 2 fully saturated rings. The molecule has 0 radical (unpaired) electrons. The number of carbonyl (C=O) groups is 2. The molecule has 0 atom stereocenters. The van der Waals surface area contributed by atoms with Crippen molar-refractivity contribution < 1.29 is 9.59 Å². The van der Waals surface area contributed by atoms with E-state index in [1.54, 1.807) is 6.08 Å². The largest absolute Gasteiger partial charge is 0.352 e. The van der Waals surface area contributed by atoms with Gasteiger partial charge in [-0.2, -0.15) is 5.10 Å². The van der Waals surface area contributed by atoms with E-state index in [1.165, 1.54) is 5.56 Å².